The molecule has 1 unspecified atom stereocenters. The van der Waals surface area contributed by atoms with Crippen LogP contribution in [0.2, 0.25) is 0 Å². The molecule has 1 amide bonds. The molecule has 0 aliphatic rings. The molecule has 1 aromatic carbocycles. The van der Waals surface area contributed by atoms with Crippen LogP contribution in [0.3, 0.4) is 0 Å². The molecule has 0 aliphatic heterocycles. The van der Waals surface area contributed by atoms with E-state index in [1.165, 1.54) is 17.8 Å². The Morgan fingerprint density at radius 3 is 2.87 bits per heavy atom. The van der Waals surface area contributed by atoms with Gasteiger partial charge in [0.05, 0.1) is 5.25 Å². The van der Waals surface area contributed by atoms with Crippen molar-refractivity contribution in [2.45, 2.75) is 37.7 Å². The van der Waals surface area contributed by atoms with Crippen molar-refractivity contribution in [3.05, 3.63) is 48.1 Å². The van der Waals surface area contributed by atoms with E-state index in [4.69, 9.17) is 0 Å². The number of allylic oxidation sites excluding steroid dienone is 1. The minimum absolute atomic E-state index is 0.218. The zero-order valence-corrected chi connectivity index (χ0v) is 14.2. The number of aryl methyl sites for hydroxylation is 2. The number of halogens is 1. The second-order valence-corrected chi connectivity index (χ2v) is 6.45. The van der Waals surface area contributed by atoms with Gasteiger partial charge in [-0.2, -0.15) is 0 Å². The molecule has 7 heteroatoms. The first-order valence-corrected chi connectivity index (χ1v) is 8.04. The molecule has 2 aromatic rings. The molecule has 5 nitrogen and oxygen atoms in total. The standard InChI is InChI=1S/C16H19FN4OS/c1-5-8-21-12(4)19-20-16(21)23-11(3)15(22)18-13-7-6-10(2)14(17)9-13/h5-7,9,11H,1,8H2,2-4H3,(H,18,22). The summed E-state index contributed by atoms with van der Waals surface area (Å²) >= 11 is 1.30. The number of amides is 1. The molecule has 122 valence electrons. The fraction of sp³-hybridized carbons (Fsp3) is 0.312. The van der Waals surface area contributed by atoms with Crippen LogP contribution in [-0.2, 0) is 11.3 Å². The second-order valence-electron chi connectivity index (χ2n) is 5.14. The number of nitrogens with zero attached hydrogens (tertiary/aromatic N) is 3. The van der Waals surface area contributed by atoms with Gasteiger partial charge in [0.25, 0.3) is 0 Å². The van der Waals surface area contributed by atoms with E-state index < -0.39 is 5.25 Å². The predicted octanol–water partition coefficient (Wildman–Crippen LogP) is 3.34. The fourth-order valence-corrected chi connectivity index (χ4v) is 2.82. The molecular formula is C16H19FN4OS. The number of thioether (sulfide) groups is 1. The minimum atomic E-state index is -0.397. The summed E-state index contributed by atoms with van der Waals surface area (Å²) in [5, 5.41) is 11.1. The summed E-state index contributed by atoms with van der Waals surface area (Å²) in [5.41, 5.74) is 0.979. The molecule has 2 rings (SSSR count). The summed E-state index contributed by atoms with van der Waals surface area (Å²) < 4.78 is 15.4. The van der Waals surface area contributed by atoms with E-state index in [1.54, 1.807) is 32.1 Å². The van der Waals surface area contributed by atoms with Crippen molar-refractivity contribution in [2.24, 2.45) is 0 Å². The quantitative estimate of drug-likeness (QED) is 0.650. The number of aromatic nitrogens is 3. The number of carbonyl (C=O) groups excluding carboxylic acids is 1. The third kappa shape index (κ3) is 4.19. The van der Waals surface area contributed by atoms with Crippen molar-refractivity contribution < 1.29 is 9.18 Å². The van der Waals surface area contributed by atoms with Crippen LogP contribution in [0.15, 0.2) is 36.0 Å². The van der Waals surface area contributed by atoms with Crippen LogP contribution in [0.25, 0.3) is 0 Å². The normalized spacial score (nSPS) is 12.0. The second kappa shape index (κ2) is 7.41. The van der Waals surface area contributed by atoms with Gasteiger partial charge in [0.15, 0.2) is 5.16 Å². The number of carbonyl (C=O) groups is 1. The smallest absolute Gasteiger partial charge is 0.237 e. The number of hydrogen-bond acceptors (Lipinski definition) is 4. The van der Waals surface area contributed by atoms with Crippen LogP contribution in [0.1, 0.15) is 18.3 Å². The van der Waals surface area contributed by atoms with Crippen molar-refractivity contribution >= 4 is 23.4 Å². The van der Waals surface area contributed by atoms with E-state index in [9.17, 15) is 9.18 Å². The highest BCUT2D eigenvalue weighted by atomic mass is 32.2. The van der Waals surface area contributed by atoms with Gasteiger partial charge in [-0.25, -0.2) is 4.39 Å². The molecule has 1 heterocycles. The largest absolute Gasteiger partial charge is 0.325 e. The summed E-state index contributed by atoms with van der Waals surface area (Å²) in [4.78, 5) is 12.3. The Morgan fingerprint density at radius 2 is 2.22 bits per heavy atom. The molecule has 0 saturated heterocycles. The van der Waals surface area contributed by atoms with Gasteiger partial charge in [0, 0.05) is 12.2 Å². The monoisotopic (exact) mass is 334 g/mol. The lowest BCUT2D eigenvalue weighted by atomic mass is 10.2. The lowest BCUT2D eigenvalue weighted by Crippen LogP contribution is -2.23. The maximum atomic E-state index is 13.5. The van der Waals surface area contributed by atoms with Crippen LogP contribution in [0.4, 0.5) is 10.1 Å². The maximum absolute atomic E-state index is 13.5. The van der Waals surface area contributed by atoms with Gasteiger partial charge >= 0.3 is 0 Å². The summed E-state index contributed by atoms with van der Waals surface area (Å²) in [6.07, 6.45) is 1.75. The highest BCUT2D eigenvalue weighted by molar-refractivity contribution is 8.00. The Labute approximate surface area is 139 Å². The Morgan fingerprint density at radius 1 is 1.48 bits per heavy atom. The van der Waals surface area contributed by atoms with E-state index in [1.807, 2.05) is 11.5 Å². The van der Waals surface area contributed by atoms with Gasteiger partial charge in [0.1, 0.15) is 11.6 Å². The van der Waals surface area contributed by atoms with E-state index in [-0.39, 0.29) is 11.7 Å². The zero-order chi connectivity index (χ0) is 17.0. The zero-order valence-electron chi connectivity index (χ0n) is 13.3. The number of hydrogen-bond donors (Lipinski definition) is 1. The van der Waals surface area contributed by atoms with Gasteiger partial charge in [-0.15, -0.1) is 16.8 Å². The first-order valence-electron chi connectivity index (χ1n) is 7.16. The van der Waals surface area contributed by atoms with E-state index in [0.29, 0.717) is 23.0 Å². The summed E-state index contributed by atoms with van der Waals surface area (Å²) in [6.45, 7) is 9.58. The molecule has 0 fully saturated rings. The van der Waals surface area contributed by atoms with Crippen molar-refractivity contribution in [2.75, 3.05) is 5.32 Å². The fourth-order valence-electron chi connectivity index (χ4n) is 1.91. The minimum Gasteiger partial charge on any atom is -0.325 e. The molecule has 1 aromatic heterocycles. The first kappa shape index (κ1) is 17.2. The summed E-state index contributed by atoms with van der Waals surface area (Å²) in [6, 6.07) is 4.62. The summed E-state index contributed by atoms with van der Waals surface area (Å²) in [7, 11) is 0. The average molecular weight is 334 g/mol. The Hall–Kier alpha value is -2.15. The number of anilines is 1. The Kier molecular flexibility index (Phi) is 5.54. The number of nitrogens with one attached hydrogen (secondary N) is 1. The van der Waals surface area contributed by atoms with Crippen LogP contribution in [0, 0.1) is 19.7 Å². The molecular weight excluding hydrogens is 315 g/mol. The van der Waals surface area contributed by atoms with Crippen LogP contribution in [-0.4, -0.2) is 25.9 Å². The molecule has 0 bridgehead atoms. The molecule has 0 aliphatic carbocycles. The van der Waals surface area contributed by atoms with Gasteiger partial charge < -0.3 is 9.88 Å². The highest BCUT2D eigenvalue weighted by Crippen LogP contribution is 2.23. The lowest BCUT2D eigenvalue weighted by molar-refractivity contribution is -0.115. The first-order chi connectivity index (χ1) is 10.9. The Bertz CT molecular complexity index is 729. The van der Waals surface area contributed by atoms with E-state index in [0.717, 1.165) is 5.82 Å². The van der Waals surface area contributed by atoms with Crippen molar-refractivity contribution in [1.82, 2.24) is 14.8 Å². The molecule has 1 N–H and O–H groups in total. The summed E-state index contributed by atoms with van der Waals surface area (Å²) in [5.74, 6) is 0.203. The molecule has 0 saturated carbocycles. The Balaban J connectivity index is 2.05. The third-order valence-electron chi connectivity index (χ3n) is 3.30. The van der Waals surface area contributed by atoms with Gasteiger partial charge in [-0.1, -0.05) is 23.9 Å². The molecule has 1 atom stereocenters. The SMILES string of the molecule is C=CCn1c(C)nnc1SC(C)C(=O)Nc1ccc(C)c(F)c1. The van der Waals surface area contributed by atoms with Gasteiger partial charge in [0.2, 0.25) is 5.91 Å². The topological polar surface area (TPSA) is 59.8 Å². The van der Waals surface area contributed by atoms with Crippen LogP contribution in [0.5, 0.6) is 0 Å². The van der Waals surface area contributed by atoms with Gasteiger partial charge in [-0.05, 0) is 38.5 Å². The predicted molar refractivity (Wildman–Crippen MR) is 90.0 cm³/mol. The lowest BCUT2D eigenvalue weighted by Gasteiger charge is -2.12. The van der Waals surface area contributed by atoms with Crippen molar-refractivity contribution in [1.29, 1.82) is 0 Å². The number of rotatable bonds is 6. The van der Waals surface area contributed by atoms with E-state index in [2.05, 4.69) is 22.1 Å². The van der Waals surface area contributed by atoms with Crippen molar-refractivity contribution in [3.8, 4) is 0 Å². The highest BCUT2D eigenvalue weighted by Gasteiger charge is 2.19. The van der Waals surface area contributed by atoms with E-state index >= 15 is 0 Å². The third-order valence-corrected chi connectivity index (χ3v) is 4.38. The van der Waals surface area contributed by atoms with Crippen LogP contribution >= 0.6 is 11.8 Å². The van der Waals surface area contributed by atoms with Crippen molar-refractivity contribution in [3.63, 3.8) is 0 Å². The molecule has 0 radical (unpaired) electrons. The maximum Gasteiger partial charge on any atom is 0.237 e. The van der Waals surface area contributed by atoms with Crippen LogP contribution < -0.4 is 5.32 Å². The number of benzene rings is 1. The average Bonchev–Trinajstić information content (AvgIpc) is 2.84. The molecule has 23 heavy (non-hydrogen) atoms. The van der Waals surface area contributed by atoms with Gasteiger partial charge in [-0.3, -0.25) is 4.79 Å². The molecule has 0 spiro atoms.